The minimum atomic E-state index is 0.225. The lowest BCUT2D eigenvalue weighted by Gasteiger charge is -2.29. The van der Waals surface area contributed by atoms with Gasteiger partial charge in [0.05, 0.1) is 18.8 Å². The summed E-state index contributed by atoms with van der Waals surface area (Å²) in [6.07, 6.45) is 2.43. The molecule has 16 heavy (non-hydrogen) atoms. The lowest BCUT2D eigenvalue weighted by molar-refractivity contribution is -0.00266. The van der Waals surface area contributed by atoms with Gasteiger partial charge in [0.25, 0.3) is 0 Å². The Hall–Kier alpha value is -0.120. The summed E-state index contributed by atoms with van der Waals surface area (Å²) in [5.74, 6) is 0.504. The van der Waals surface area contributed by atoms with Gasteiger partial charge >= 0.3 is 0 Å². The van der Waals surface area contributed by atoms with Gasteiger partial charge in [-0.15, -0.1) is 0 Å². The van der Waals surface area contributed by atoms with Crippen molar-refractivity contribution in [2.75, 3.05) is 26.9 Å². The standard InChI is InChI=1S/C13H29NO2/c1-6-8-14-12(10-16-9-7-2)13(15-5)11(3)4/h11-14H,6-10H2,1-5H3. The SMILES string of the molecule is CCCNC(COCCC)C(OC)C(C)C. The van der Waals surface area contributed by atoms with Crippen molar-refractivity contribution in [3.63, 3.8) is 0 Å². The molecule has 0 spiro atoms. The summed E-state index contributed by atoms with van der Waals surface area (Å²) in [6, 6.07) is 0.302. The molecular formula is C13H29NO2. The molecule has 98 valence electrons. The van der Waals surface area contributed by atoms with E-state index >= 15 is 0 Å². The molecule has 0 bridgehead atoms. The Kier molecular flexibility index (Phi) is 9.99. The van der Waals surface area contributed by atoms with Crippen molar-refractivity contribution in [3.8, 4) is 0 Å². The zero-order valence-electron chi connectivity index (χ0n) is 11.6. The second-order valence-corrected chi connectivity index (χ2v) is 4.58. The molecule has 3 nitrogen and oxygen atoms in total. The summed E-state index contributed by atoms with van der Waals surface area (Å²) >= 11 is 0. The van der Waals surface area contributed by atoms with Gasteiger partial charge in [-0.3, -0.25) is 0 Å². The third-order valence-electron chi connectivity index (χ3n) is 2.63. The normalized spacial score (nSPS) is 15.4. The Bertz CT molecular complexity index is 151. The Balaban J connectivity index is 4.14. The van der Waals surface area contributed by atoms with Gasteiger partial charge in [0.1, 0.15) is 0 Å². The minimum absolute atomic E-state index is 0.225. The molecule has 0 aromatic carbocycles. The Morgan fingerprint density at radius 1 is 1.12 bits per heavy atom. The molecule has 0 aromatic rings. The molecule has 2 atom stereocenters. The van der Waals surface area contributed by atoms with Crippen LogP contribution in [0.2, 0.25) is 0 Å². The molecule has 0 saturated carbocycles. The number of nitrogens with one attached hydrogen (secondary N) is 1. The Morgan fingerprint density at radius 2 is 1.81 bits per heavy atom. The van der Waals surface area contributed by atoms with E-state index in [0.717, 1.165) is 32.6 Å². The van der Waals surface area contributed by atoms with E-state index in [1.807, 2.05) is 0 Å². The van der Waals surface area contributed by atoms with E-state index in [0.29, 0.717) is 12.0 Å². The van der Waals surface area contributed by atoms with Crippen molar-refractivity contribution >= 4 is 0 Å². The first kappa shape index (κ1) is 15.9. The predicted molar refractivity (Wildman–Crippen MR) is 68.8 cm³/mol. The third kappa shape index (κ3) is 6.46. The number of methoxy groups -OCH3 is 1. The van der Waals surface area contributed by atoms with E-state index < -0.39 is 0 Å². The minimum Gasteiger partial charge on any atom is -0.380 e. The van der Waals surface area contributed by atoms with Crippen molar-refractivity contribution in [3.05, 3.63) is 0 Å². The summed E-state index contributed by atoms with van der Waals surface area (Å²) in [4.78, 5) is 0. The van der Waals surface area contributed by atoms with E-state index in [1.165, 1.54) is 0 Å². The summed E-state index contributed by atoms with van der Waals surface area (Å²) < 4.78 is 11.2. The first-order valence-electron chi connectivity index (χ1n) is 6.51. The summed E-state index contributed by atoms with van der Waals surface area (Å²) in [5, 5.41) is 3.51. The van der Waals surface area contributed by atoms with Gasteiger partial charge in [-0.05, 0) is 25.3 Å². The maximum atomic E-state index is 5.63. The fraction of sp³-hybridized carbons (Fsp3) is 1.00. The van der Waals surface area contributed by atoms with Crippen LogP contribution in [-0.4, -0.2) is 39.0 Å². The second kappa shape index (κ2) is 10.1. The van der Waals surface area contributed by atoms with Gasteiger partial charge in [-0.25, -0.2) is 0 Å². The van der Waals surface area contributed by atoms with Crippen LogP contribution in [-0.2, 0) is 9.47 Å². The second-order valence-electron chi connectivity index (χ2n) is 4.58. The molecule has 0 aromatic heterocycles. The largest absolute Gasteiger partial charge is 0.380 e. The van der Waals surface area contributed by atoms with Crippen LogP contribution in [0.3, 0.4) is 0 Å². The molecule has 3 heteroatoms. The first-order chi connectivity index (χ1) is 7.67. The molecule has 0 aliphatic heterocycles. The number of hydrogen-bond donors (Lipinski definition) is 1. The highest BCUT2D eigenvalue weighted by Crippen LogP contribution is 2.11. The molecule has 0 saturated heterocycles. The quantitative estimate of drug-likeness (QED) is 0.586. The average Bonchev–Trinajstić information content (AvgIpc) is 2.25. The molecule has 0 aliphatic rings. The van der Waals surface area contributed by atoms with Crippen LogP contribution in [0.15, 0.2) is 0 Å². The highest BCUT2D eigenvalue weighted by Gasteiger charge is 2.23. The number of hydrogen-bond acceptors (Lipinski definition) is 3. The van der Waals surface area contributed by atoms with Gasteiger partial charge in [-0.1, -0.05) is 27.7 Å². The van der Waals surface area contributed by atoms with Crippen molar-refractivity contribution in [2.24, 2.45) is 5.92 Å². The van der Waals surface area contributed by atoms with E-state index in [-0.39, 0.29) is 6.10 Å². The maximum Gasteiger partial charge on any atom is 0.0769 e. The average molecular weight is 231 g/mol. The van der Waals surface area contributed by atoms with Crippen LogP contribution in [0.1, 0.15) is 40.5 Å². The van der Waals surface area contributed by atoms with E-state index in [9.17, 15) is 0 Å². The van der Waals surface area contributed by atoms with Crippen molar-refractivity contribution < 1.29 is 9.47 Å². The summed E-state index contributed by atoms with van der Waals surface area (Å²) in [5.41, 5.74) is 0. The van der Waals surface area contributed by atoms with Crippen molar-refractivity contribution in [2.45, 2.75) is 52.7 Å². The van der Waals surface area contributed by atoms with E-state index in [1.54, 1.807) is 7.11 Å². The van der Waals surface area contributed by atoms with Gasteiger partial charge in [0.2, 0.25) is 0 Å². The van der Waals surface area contributed by atoms with Crippen LogP contribution in [0.25, 0.3) is 0 Å². The zero-order chi connectivity index (χ0) is 12.4. The molecule has 0 fully saturated rings. The monoisotopic (exact) mass is 231 g/mol. The fourth-order valence-corrected chi connectivity index (χ4v) is 1.86. The van der Waals surface area contributed by atoms with Gasteiger partial charge in [0.15, 0.2) is 0 Å². The fourth-order valence-electron chi connectivity index (χ4n) is 1.86. The molecule has 1 N–H and O–H groups in total. The highest BCUT2D eigenvalue weighted by molar-refractivity contribution is 4.79. The molecule has 0 radical (unpaired) electrons. The molecule has 2 unspecified atom stereocenters. The van der Waals surface area contributed by atoms with Crippen molar-refractivity contribution in [1.29, 1.82) is 0 Å². The molecule has 0 aliphatic carbocycles. The van der Waals surface area contributed by atoms with Crippen LogP contribution >= 0.6 is 0 Å². The number of ether oxygens (including phenoxy) is 2. The van der Waals surface area contributed by atoms with Crippen LogP contribution in [0.5, 0.6) is 0 Å². The van der Waals surface area contributed by atoms with Gasteiger partial charge < -0.3 is 14.8 Å². The van der Waals surface area contributed by atoms with E-state index in [4.69, 9.17) is 9.47 Å². The van der Waals surface area contributed by atoms with E-state index in [2.05, 4.69) is 33.0 Å². The lowest BCUT2D eigenvalue weighted by atomic mass is 10.00. The van der Waals surface area contributed by atoms with Crippen LogP contribution in [0.4, 0.5) is 0 Å². The molecule has 0 rings (SSSR count). The maximum absolute atomic E-state index is 5.63. The smallest absolute Gasteiger partial charge is 0.0769 e. The van der Waals surface area contributed by atoms with Crippen LogP contribution < -0.4 is 5.32 Å². The molecular weight excluding hydrogens is 202 g/mol. The first-order valence-corrected chi connectivity index (χ1v) is 6.51. The van der Waals surface area contributed by atoms with Gasteiger partial charge in [-0.2, -0.15) is 0 Å². The lowest BCUT2D eigenvalue weighted by Crippen LogP contribution is -2.47. The third-order valence-corrected chi connectivity index (χ3v) is 2.63. The van der Waals surface area contributed by atoms with Crippen molar-refractivity contribution in [1.82, 2.24) is 5.32 Å². The Labute approximate surface area is 101 Å². The van der Waals surface area contributed by atoms with Gasteiger partial charge in [0, 0.05) is 13.7 Å². The summed E-state index contributed by atoms with van der Waals surface area (Å²) in [7, 11) is 1.78. The Morgan fingerprint density at radius 3 is 2.25 bits per heavy atom. The zero-order valence-corrected chi connectivity index (χ0v) is 11.6. The molecule has 0 heterocycles. The van der Waals surface area contributed by atoms with Crippen LogP contribution in [0, 0.1) is 5.92 Å². The highest BCUT2D eigenvalue weighted by atomic mass is 16.5. The predicted octanol–water partition coefficient (Wildman–Crippen LogP) is 2.45. The summed E-state index contributed by atoms with van der Waals surface area (Å²) in [6.45, 7) is 11.3. The number of rotatable bonds is 10. The topological polar surface area (TPSA) is 30.5 Å². The molecule has 0 amide bonds.